The van der Waals surface area contributed by atoms with Crippen LogP contribution in [0.3, 0.4) is 0 Å². The van der Waals surface area contributed by atoms with E-state index in [0.717, 1.165) is 13.1 Å². The van der Waals surface area contributed by atoms with Crippen LogP contribution in [0.15, 0.2) is 16.8 Å². The van der Waals surface area contributed by atoms with E-state index in [9.17, 15) is 0 Å². The van der Waals surface area contributed by atoms with E-state index in [1.807, 2.05) is 0 Å². The molecule has 1 aromatic heterocycles. The summed E-state index contributed by atoms with van der Waals surface area (Å²) >= 11 is 1.78. The van der Waals surface area contributed by atoms with Crippen molar-refractivity contribution in [3.8, 4) is 0 Å². The van der Waals surface area contributed by atoms with Crippen molar-refractivity contribution in [3.05, 3.63) is 22.4 Å². The van der Waals surface area contributed by atoms with Gasteiger partial charge in [-0.1, -0.05) is 19.3 Å². The smallest absolute Gasteiger partial charge is 0.0332 e. The first kappa shape index (κ1) is 12.1. The molecule has 0 aromatic carbocycles. The number of rotatable bonds is 4. The van der Waals surface area contributed by atoms with Crippen molar-refractivity contribution in [2.24, 2.45) is 5.73 Å². The SMILES string of the molecule is CN(Cc1ccsc1)C1(CN)CCCCC1. The Morgan fingerprint density at radius 3 is 2.69 bits per heavy atom. The van der Waals surface area contributed by atoms with Crippen LogP contribution in [0.2, 0.25) is 0 Å². The Morgan fingerprint density at radius 2 is 2.12 bits per heavy atom. The predicted molar refractivity (Wildman–Crippen MR) is 70.7 cm³/mol. The molecule has 16 heavy (non-hydrogen) atoms. The summed E-state index contributed by atoms with van der Waals surface area (Å²) in [6.07, 6.45) is 6.60. The van der Waals surface area contributed by atoms with Gasteiger partial charge in [-0.3, -0.25) is 4.90 Å². The van der Waals surface area contributed by atoms with E-state index in [-0.39, 0.29) is 5.54 Å². The van der Waals surface area contributed by atoms with Crippen LogP contribution < -0.4 is 5.73 Å². The Bertz CT molecular complexity index is 302. The van der Waals surface area contributed by atoms with E-state index in [4.69, 9.17) is 5.73 Å². The molecular weight excluding hydrogens is 216 g/mol. The molecule has 0 aliphatic heterocycles. The van der Waals surface area contributed by atoms with Gasteiger partial charge in [0, 0.05) is 18.6 Å². The summed E-state index contributed by atoms with van der Waals surface area (Å²) in [6.45, 7) is 1.84. The average molecular weight is 238 g/mol. The highest BCUT2D eigenvalue weighted by molar-refractivity contribution is 7.07. The molecule has 0 spiro atoms. The molecule has 0 amide bonds. The quantitative estimate of drug-likeness (QED) is 0.874. The normalized spacial score (nSPS) is 20.2. The molecule has 90 valence electrons. The van der Waals surface area contributed by atoms with Gasteiger partial charge in [0.05, 0.1) is 0 Å². The second-order valence-electron chi connectivity index (χ2n) is 4.98. The first-order chi connectivity index (χ1) is 7.77. The molecule has 0 bridgehead atoms. The second-order valence-corrected chi connectivity index (χ2v) is 5.76. The molecule has 0 atom stereocenters. The van der Waals surface area contributed by atoms with Crippen LogP contribution in [0.4, 0.5) is 0 Å². The number of thiophene rings is 1. The van der Waals surface area contributed by atoms with Gasteiger partial charge < -0.3 is 5.73 Å². The Labute approximate surface area is 102 Å². The Hall–Kier alpha value is -0.380. The van der Waals surface area contributed by atoms with Crippen molar-refractivity contribution in [2.75, 3.05) is 13.6 Å². The van der Waals surface area contributed by atoms with Crippen LogP contribution in [-0.4, -0.2) is 24.0 Å². The van der Waals surface area contributed by atoms with Crippen LogP contribution in [0.1, 0.15) is 37.7 Å². The van der Waals surface area contributed by atoms with Crippen molar-refractivity contribution >= 4 is 11.3 Å². The number of nitrogens with two attached hydrogens (primary N) is 1. The summed E-state index contributed by atoms with van der Waals surface area (Å²) in [5.74, 6) is 0. The predicted octanol–water partition coefficient (Wildman–Crippen LogP) is 2.84. The van der Waals surface area contributed by atoms with Gasteiger partial charge in [0.2, 0.25) is 0 Å². The zero-order chi connectivity index (χ0) is 11.4. The first-order valence-electron chi connectivity index (χ1n) is 6.19. The molecule has 3 heteroatoms. The third kappa shape index (κ3) is 2.47. The Kier molecular flexibility index (Phi) is 4.00. The summed E-state index contributed by atoms with van der Waals surface area (Å²) in [7, 11) is 2.23. The van der Waals surface area contributed by atoms with E-state index in [2.05, 4.69) is 28.8 Å². The highest BCUT2D eigenvalue weighted by Crippen LogP contribution is 2.33. The van der Waals surface area contributed by atoms with Crippen LogP contribution in [0, 0.1) is 0 Å². The van der Waals surface area contributed by atoms with Gasteiger partial charge in [-0.05, 0) is 42.3 Å². The van der Waals surface area contributed by atoms with Crippen LogP contribution in [0.5, 0.6) is 0 Å². The number of hydrogen-bond donors (Lipinski definition) is 1. The molecule has 1 aliphatic rings. The lowest BCUT2D eigenvalue weighted by molar-refractivity contribution is 0.0759. The lowest BCUT2D eigenvalue weighted by Crippen LogP contribution is -2.52. The average Bonchev–Trinajstić information content (AvgIpc) is 2.82. The molecule has 1 heterocycles. The van der Waals surface area contributed by atoms with E-state index in [1.165, 1.54) is 37.7 Å². The third-order valence-corrected chi connectivity index (χ3v) is 4.71. The first-order valence-corrected chi connectivity index (χ1v) is 7.13. The molecule has 0 saturated heterocycles. The van der Waals surface area contributed by atoms with Crippen LogP contribution >= 0.6 is 11.3 Å². The number of likely N-dealkylation sites (N-methyl/N-ethyl adjacent to an activating group) is 1. The van der Waals surface area contributed by atoms with Gasteiger partial charge in [-0.15, -0.1) is 0 Å². The lowest BCUT2D eigenvalue weighted by atomic mass is 9.80. The van der Waals surface area contributed by atoms with Gasteiger partial charge in [-0.25, -0.2) is 0 Å². The highest BCUT2D eigenvalue weighted by atomic mass is 32.1. The molecule has 1 fully saturated rings. The molecule has 0 radical (unpaired) electrons. The standard InChI is InChI=1S/C13H22N2S/c1-15(9-12-5-8-16-10-12)13(11-14)6-3-2-4-7-13/h5,8,10H,2-4,6-7,9,11,14H2,1H3. The minimum Gasteiger partial charge on any atom is -0.329 e. The van der Waals surface area contributed by atoms with Gasteiger partial charge in [-0.2, -0.15) is 11.3 Å². The van der Waals surface area contributed by atoms with Crippen molar-refractivity contribution in [1.29, 1.82) is 0 Å². The molecule has 0 unspecified atom stereocenters. The Morgan fingerprint density at radius 1 is 1.38 bits per heavy atom. The molecule has 1 aliphatic carbocycles. The fourth-order valence-electron chi connectivity index (χ4n) is 2.78. The molecule has 2 N–H and O–H groups in total. The molecule has 1 saturated carbocycles. The van der Waals surface area contributed by atoms with Crippen molar-refractivity contribution in [2.45, 2.75) is 44.2 Å². The number of hydrogen-bond acceptors (Lipinski definition) is 3. The van der Waals surface area contributed by atoms with Crippen molar-refractivity contribution in [3.63, 3.8) is 0 Å². The van der Waals surface area contributed by atoms with E-state index in [1.54, 1.807) is 11.3 Å². The van der Waals surface area contributed by atoms with Crippen molar-refractivity contribution in [1.82, 2.24) is 4.90 Å². The highest BCUT2D eigenvalue weighted by Gasteiger charge is 2.34. The second kappa shape index (κ2) is 5.30. The molecule has 2 rings (SSSR count). The topological polar surface area (TPSA) is 29.3 Å². The maximum Gasteiger partial charge on any atom is 0.0332 e. The van der Waals surface area contributed by atoms with Crippen LogP contribution in [0.25, 0.3) is 0 Å². The fraction of sp³-hybridized carbons (Fsp3) is 0.692. The largest absolute Gasteiger partial charge is 0.329 e. The lowest BCUT2D eigenvalue weighted by Gasteiger charge is -2.44. The summed E-state index contributed by atoms with van der Waals surface area (Å²) in [5, 5.41) is 4.39. The van der Waals surface area contributed by atoms with Crippen molar-refractivity contribution < 1.29 is 0 Å². The monoisotopic (exact) mass is 238 g/mol. The fourth-order valence-corrected chi connectivity index (χ4v) is 3.44. The van der Waals surface area contributed by atoms with Gasteiger partial charge in [0.25, 0.3) is 0 Å². The molecular formula is C13H22N2S. The van der Waals surface area contributed by atoms with E-state index in [0.29, 0.717) is 0 Å². The summed E-state index contributed by atoms with van der Waals surface area (Å²) in [5.41, 5.74) is 7.72. The zero-order valence-electron chi connectivity index (χ0n) is 10.1. The maximum atomic E-state index is 6.03. The zero-order valence-corrected chi connectivity index (χ0v) is 10.9. The molecule has 2 nitrogen and oxygen atoms in total. The summed E-state index contributed by atoms with van der Waals surface area (Å²) in [6, 6.07) is 2.22. The van der Waals surface area contributed by atoms with E-state index >= 15 is 0 Å². The van der Waals surface area contributed by atoms with Gasteiger partial charge >= 0.3 is 0 Å². The molecule has 1 aromatic rings. The minimum absolute atomic E-state index is 0.264. The summed E-state index contributed by atoms with van der Waals surface area (Å²) < 4.78 is 0. The number of nitrogens with zero attached hydrogens (tertiary/aromatic N) is 1. The van der Waals surface area contributed by atoms with E-state index < -0.39 is 0 Å². The van der Waals surface area contributed by atoms with Gasteiger partial charge in [0.15, 0.2) is 0 Å². The minimum atomic E-state index is 0.264. The maximum absolute atomic E-state index is 6.03. The van der Waals surface area contributed by atoms with Gasteiger partial charge in [0.1, 0.15) is 0 Å². The summed E-state index contributed by atoms with van der Waals surface area (Å²) in [4.78, 5) is 2.48. The van der Waals surface area contributed by atoms with Crippen LogP contribution in [-0.2, 0) is 6.54 Å². The third-order valence-electron chi connectivity index (χ3n) is 3.97. The Balaban J connectivity index is 2.02.